The SMILES string of the molecule is CN.COc1ccc(C=O)cc1/C=C/Cc1ccccc1. The van der Waals surface area contributed by atoms with E-state index in [2.05, 4.69) is 23.9 Å². The highest BCUT2D eigenvalue weighted by Gasteiger charge is 2.00. The molecular formula is C18H21NO2. The zero-order valence-corrected chi connectivity index (χ0v) is 12.5. The van der Waals surface area contributed by atoms with E-state index in [1.54, 1.807) is 13.2 Å². The summed E-state index contributed by atoms with van der Waals surface area (Å²) < 4.78 is 5.28. The summed E-state index contributed by atoms with van der Waals surface area (Å²) in [5.74, 6) is 0.773. The van der Waals surface area contributed by atoms with Gasteiger partial charge in [0.15, 0.2) is 0 Å². The Morgan fingerprint density at radius 2 is 1.81 bits per heavy atom. The number of hydrogen-bond donors (Lipinski definition) is 1. The second kappa shape index (κ2) is 9.50. The molecule has 3 nitrogen and oxygen atoms in total. The maximum Gasteiger partial charge on any atom is 0.150 e. The van der Waals surface area contributed by atoms with Crippen LogP contribution in [0.15, 0.2) is 54.6 Å². The van der Waals surface area contributed by atoms with Crippen molar-refractivity contribution in [3.05, 3.63) is 71.3 Å². The van der Waals surface area contributed by atoms with Gasteiger partial charge in [-0.25, -0.2) is 0 Å². The third-order valence-electron chi connectivity index (χ3n) is 2.88. The number of carbonyl (C=O) groups is 1. The average molecular weight is 283 g/mol. The van der Waals surface area contributed by atoms with E-state index in [0.29, 0.717) is 5.56 Å². The van der Waals surface area contributed by atoms with Crippen LogP contribution in [0.5, 0.6) is 5.75 Å². The van der Waals surface area contributed by atoms with Crippen molar-refractivity contribution in [2.24, 2.45) is 5.73 Å². The molecule has 0 unspecified atom stereocenters. The van der Waals surface area contributed by atoms with Gasteiger partial charge in [0.1, 0.15) is 12.0 Å². The Hall–Kier alpha value is -2.39. The first kappa shape index (κ1) is 16.7. The normalized spacial score (nSPS) is 9.86. The summed E-state index contributed by atoms with van der Waals surface area (Å²) in [5, 5.41) is 0. The fourth-order valence-corrected chi connectivity index (χ4v) is 1.89. The molecule has 0 aliphatic heterocycles. The van der Waals surface area contributed by atoms with Gasteiger partial charge in [-0.15, -0.1) is 0 Å². The number of nitrogens with two attached hydrogens (primary N) is 1. The minimum Gasteiger partial charge on any atom is -0.496 e. The molecule has 0 spiro atoms. The molecule has 0 radical (unpaired) electrons. The number of methoxy groups -OCH3 is 1. The summed E-state index contributed by atoms with van der Waals surface area (Å²) in [6, 6.07) is 15.6. The third kappa shape index (κ3) is 5.24. The van der Waals surface area contributed by atoms with Gasteiger partial charge in [0, 0.05) is 11.1 Å². The van der Waals surface area contributed by atoms with Gasteiger partial charge in [-0.1, -0.05) is 42.5 Å². The molecule has 0 aliphatic carbocycles. The molecule has 2 rings (SSSR count). The Kier molecular flexibility index (Phi) is 7.54. The molecular weight excluding hydrogens is 262 g/mol. The van der Waals surface area contributed by atoms with E-state index >= 15 is 0 Å². The van der Waals surface area contributed by atoms with Crippen molar-refractivity contribution < 1.29 is 9.53 Å². The van der Waals surface area contributed by atoms with Gasteiger partial charge >= 0.3 is 0 Å². The molecule has 0 aliphatic rings. The quantitative estimate of drug-likeness (QED) is 0.856. The topological polar surface area (TPSA) is 52.3 Å². The molecule has 0 saturated heterocycles. The molecule has 2 N–H and O–H groups in total. The van der Waals surface area contributed by atoms with Gasteiger partial charge in [0.2, 0.25) is 0 Å². The highest BCUT2D eigenvalue weighted by molar-refractivity contribution is 5.77. The molecule has 0 amide bonds. The lowest BCUT2D eigenvalue weighted by atomic mass is 10.1. The predicted molar refractivity (Wildman–Crippen MR) is 87.7 cm³/mol. The first-order chi connectivity index (χ1) is 10.3. The van der Waals surface area contributed by atoms with Crippen LogP contribution in [0.3, 0.4) is 0 Å². The van der Waals surface area contributed by atoms with E-state index in [0.717, 1.165) is 24.0 Å². The number of carbonyl (C=O) groups excluding carboxylic acids is 1. The van der Waals surface area contributed by atoms with E-state index in [4.69, 9.17) is 4.74 Å². The Balaban J connectivity index is 0.00000106. The molecule has 2 aromatic rings. The van der Waals surface area contributed by atoms with Crippen molar-refractivity contribution in [3.63, 3.8) is 0 Å². The summed E-state index contributed by atoms with van der Waals surface area (Å²) in [7, 11) is 3.13. The zero-order valence-electron chi connectivity index (χ0n) is 12.5. The highest BCUT2D eigenvalue weighted by Crippen LogP contribution is 2.21. The maximum atomic E-state index is 10.8. The minimum atomic E-state index is 0.653. The summed E-state index contributed by atoms with van der Waals surface area (Å²) in [5.41, 5.74) is 7.33. The van der Waals surface area contributed by atoms with Crippen molar-refractivity contribution in [1.29, 1.82) is 0 Å². The van der Waals surface area contributed by atoms with Crippen molar-refractivity contribution in [1.82, 2.24) is 0 Å². The van der Waals surface area contributed by atoms with Crippen molar-refractivity contribution in [2.45, 2.75) is 6.42 Å². The van der Waals surface area contributed by atoms with Gasteiger partial charge in [-0.2, -0.15) is 0 Å². The monoisotopic (exact) mass is 283 g/mol. The Morgan fingerprint density at radius 3 is 2.43 bits per heavy atom. The number of ether oxygens (including phenoxy) is 1. The summed E-state index contributed by atoms with van der Waals surface area (Å²) in [6.07, 6.45) is 5.75. The minimum absolute atomic E-state index is 0.653. The average Bonchev–Trinajstić information content (AvgIpc) is 2.57. The lowest BCUT2D eigenvalue weighted by Gasteiger charge is -2.05. The van der Waals surface area contributed by atoms with Crippen LogP contribution >= 0.6 is 0 Å². The standard InChI is InChI=1S/C17H16O2.CH5N/c1-19-17-11-10-15(13-18)12-16(17)9-5-8-14-6-3-2-4-7-14;1-2/h2-7,9-13H,8H2,1H3;2H2,1H3/b9-5+;. The molecule has 110 valence electrons. The van der Waals surface area contributed by atoms with Crippen LogP contribution in [0.4, 0.5) is 0 Å². The van der Waals surface area contributed by atoms with E-state index in [-0.39, 0.29) is 0 Å². The van der Waals surface area contributed by atoms with Crippen LogP contribution < -0.4 is 10.5 Å². The van der Waals surface area contributed by atoms with Crippen molar-refractivity contribution in [2.75, 3.05) is 14.2 Å². The fraction of sp³-hybridized carbons (Fsp3) is 0.167. The molecule has 0 saturated carbocycles. The van der Waals surface area contributed by atoms with E-state index in [1.807, 2.05) is 36.4 Å². The number of hydrogen-bond acceptors (Lipinski definition) is 3. The predicted octanol–water partition coefficient (Wildman–Crippen LogP) is 3.34. The first-order valence-corrected chi connectivity index (χ1v) is 6.75. The van der Waals surface area contributed by atoms with Crippen molar-refractivity contribution in [3.8, 4) is 5.75 Å². The van der Waals surface area contributed by atoms with Gasteiger partial charge in [0.25, 0.3) is 0 Å². The molecule has 0 atom stereocenters. The fourth-order valence-electron chi connectivity index (χ4n) is 1.89. The van der Waals surface area contributed by atoms with Crippen LogP contribution in [0.2, 0.25) is 0 Å². The van der Waals surface area contributed by atoms with E-state index in [1.165, 1.54) is 12.6 Å². The number of aldehydes is 1. The lowest BCUT2D eigenvalue weighted by molar-refractivity contribution is 0.112. The molecule has 2 aromatic carbocycles. The van der Waals surface area contributed by atoms with Crippen molar-refractivity contribution >= 4 is 12.4 Å². The lowest BCUT2D eigenvalue weighted by Crippen LogP contribution is -1.89. The summed E-state index contributed by atoms with van der Waals surface area (Å²) in [6.45, 7) is 0. The van der Waals surface area contributed by atoms with Gasteiger partial charge < -0.3 is 10.5 Å². The van der Waals surface area contributed by atoms with Gasteiger partial charge in [0.05, 0.1) is 7.11 Å². The first-order valence-electron chi connectivity index (χ1n) is 6.75. The third-order valence-corrected chi connectivity index (χ3v) is 2.88. The summed E-state index contributed by atoms with van der Waals surface area (Å²) >= 11 is 0. The molecule has 0 aromatic heterocycles. The summed E-state index contributed by atoms with van der Waals surface area (Å²) in [4.78, 5) is 10.8. The van der Waals surface area contributed by atoms with Crippen LogP contribution in [0.25, 0.3) is 6.08 Å². The second-order valence-electron chi connectivity index (χ2n) is 4.21. The Bertz CT molecular complexity index is 577. The van der Waals surface area contributed by atoms with Crippen LogP contribution in [-0.2, 0) is 6.42 Å². The van der Waals surface area contributed by atoms with Gasteiger partial charge in [-0.05, 0) is 37.2 Å². The van der Waals surface area contributed by atoms with Crippen LogP contribution in [0, 0.1) is 0 Å². The molecule has 21 heavy (non-hydrogen) atoms. The number of allylic oxidation sites excluding steroid dienone is 1. The number of benzene rings is 2. The molecule has 0 heterocycles. The molecule has 0 bridgehead atoms. The maximum absolute atomic E-state index is 10.8. The molecule has 3 heteroatoms. The largest absolute Gasteiger partial charge is 0.496 e. The Labute approximate surface area is 126 Å². The number of rotatable bonds is 5. The smallest absolute Gasteiger partial charge is 0.150 e. The van der Waals surface area contributed by atoms with Crippen LogP contribution in [-0.4, -0.2) is 20.4 Å². The van der Waals surface area contributed by atoms with Gasteiger partial charge in [-0.3, -0.25) is 4.79 Å². The van der Waals surface area contributed by atoms with E-state index < -0.39 is 0 Å². The van der Waals surface area contributed by atoms with Crippen LogP contribution in [0.1, 0.15) is 21.5 Å². The second-order valence-corrected chi connectivity index (χ2v) is 4.21. The zero-order chi connectivity index (χ0) is 15.5. The Morgan fingerprint density at radius 1 is 1.10 bits per heavy atom. The molecule has 0 fully saturated rings. The van der Waals surface area contributed by atoms with E-state index in [9.17, 15) is 4.79 Å². The highest BCUT2D eigenvalue weighted by atomic mass is 16.5.